The van der Waals surface area contributed by atoms with E-state index in [0.29, 0.717) is 0 Å². The Labute approximate surface area is 101 Å². The molecule has 2 aromatic carbocycles. The number of nitrogens with two attached hydrogens (primary N) is 1. The van der Waals surface area contributed by atoms with Crippen molar-refractivity contribution in [2.45, 2.75) is 13.8 Å². The van der Waals surface area contributed by atoms with E-state index < -0.39 is 0 Å². The summed E-state index contributed by atoms with van der Waals surface area (Å²) in [5.74, 6) is 0. The van der Waals surface area contributed by atoms with Gasteiger partial charge in [0.2, 0.25) is 0 Å². The zero-order valence-corrected chi connectivity index (χ0v) is 10.2. The van der Waals surface area contributed by atoms with Gasteiger partial charge in [-0.2, -0.15) is 0 Å². The van der Waals surface area contributed by atoms with Gasteiger partial charge in [-0.3, -0.25) is 0 Å². The number of halogens is 1. The van der Waals surface area contributed by atoms with Gasteiger partial charge in [-0.15, -0.1) is 0 Å². The van der Waals surface area contributed by atoms with E-state index in [1.165, 1.54) is 11.1 Å². The summed E-state index contributed by atoms with van der Waals surface area (Å²) in [6.07, 6.45) is 0. The third-order valence-corrected chi connectivity index (χ3v) is 3.12. The van der Waals surface area contributed by atoms with Crippen molar-refractivity contribution in [3.8, 4) is 11.1 Å². The lowest BCUT2D eigenvalue weighted by atomic mass is 10.0. The molecule has 0 bridgehead atoms. The van der Waals surface area contributed by atoms with Crippen molar-refractivity contribution in [2.24, 2.45) is 0 Å². The van der Waals surface area contributed by atoms with E-state index in [1.54, 1.807) is 0 Å². The van der Waals surface area contributed by atoms with Gasteiger partial charge in [-0.25, -0.2) is 0 Å². The van der Waals surface area contributed by atoms with Crippen LogP contribution in [0, 0.1) is 13.8 Å². The number of aryl methyl sites for hydroxylation is 2. The number of hydrogen-bond acceptors (Lipinski definition) is 1. The lowest BCUT2D eigenvalue weighted by Gasteiger charge is -2.08. The maximum atomic E-state index is 6.24. The first-order chi connectivity index (χ1) is 7.58. The van der Waals surface area contributed by atoms with Gasteiger partial charge < -0.3 is 5.73 Å². The fourth-order valence-corrected chi connectivity index (χ4v) is 1.99. The standard InChI is InChI=1S/C14H14ClN/c1-9-7-13(14(15)8-10(9)2)11-3-5-12(16)6-4-11/h3-8H,16H2,1-2H3. The molecule has 16 heavy (non-hydrogen) atoms. The maximum absolute atomic E-state index is 6.24. The van der Waals surface area contributed by atoms with E-state index in [4.69, 9.17) is 17.3 Å². The lowest BCUT2D eigenvalue weighted by molar-refractivity contribution is 1.34. The molecule has 2 aromatic rings. The van der Waals surface area contributed by atoms with Crippen molar-refractivity contribution in [2.75, 3.05) is 5.73 Å². The smallest absolute Gasteiger partial charge is 0.0487 e. The van der Waals surface area contributed by atoms with Crippen LogP contribution in [-0.4, -0.2) is 0 Å². The SMILES string of the molecule is Cc1cc(Cl)c(-c2ccc(N)cc2)cc1C. The second-order valence-electron chi connectivity index (χ2n) is 4.04. The summed E-state index contributed by atoms with van der Waals surface area (Å²) >= 11 is 6.24. The summed E-state index contributed by atoms with van der Waals surface area (Å²) in [5, 5.41) is 0.785. The molecule has 0 heterocycles. The summed E-state index contributed by atoms with van der Waals surface area (Å²) in [6.45, 7) is 4.15. The molecule has 0 atom stereocenters. The van der Waals surface area contributed by atoms with E-state index in [1.807, 2.05) is 30.3 Å². The Morgan fingerprint density at radius 1 is 0.938 bits per heavy atom. The molecule has 0 fully saturated rings. The van der Waals surface area contributed by atoms with Crippen LogP contribution >= 0.6 is 11.6 Å². The summed E-state index contributed by atoms with van der Waals surface area (Å²) in [5.41, 5.74) is 11.0. The molecule has 0 aromatic heterocycles. The van der Waals surface area contributed by atoms with Crippen molar-refractivity contribution in [1.29, 1.82) is 0 Å². The molecule has 0 aliphatic rings. The molecule has 2 rings (SSSR count). The number of nitrogen functional groups attached to an aromatic ring is 1. The second kappa shape index (κ2) is 4.18. The molecule has 0 radical (unpaired) electrons. The molecule has 0 amide bonds. The Bertz CT molecular complexity index is 515. The predicted molar refractivity (Wildman–Crippen MR) is 70.8 cm³/mol. The molecule has 0 unspecified atom stereocenters. The molecule has 2 heteroatoms. The van der Waals surface area contributed by atoms with E-state index in [-0.39, 0.29) is 0 Å². The first-order valence-electron chi connectivity index (χ1n) is 5.20. The van der Waals surface area contributed by atoms with Crippen LogP contribution < -0.4 is 5.73 Å². The minimum atomic E-state index is 0.767. The molecule has 82 valence electrons. The normalized spacial score (nSPS) is 10.4. The van der Waals surface area contributed by atoms with Crippen LogP contribution in [0.5, 0.6) is 0 Å². The zero-order chi connectivity index (χ0) is 11.7. The van der Waals surface area contributed by atoms with Gasteiger partial charge in [0.1, 0.15) is 0 Å². The molecule has 2 N–H and O–H groups in total. The quantitative estimate of drug-likeness (QED) is 0.732. The Kier molecular flexibility index (Phi) is 2.88. The molecular formula is C14H14ClN. The van der Waals surface area contributed by atoms with Crippen LogP contribution in [-0.2, 0) is 0 Å². The molecule has 0 spiro atoms. The molecule has 1 nitrogen and oxygen atoms in total. The monoisotopic (exact) mass is 231 g/mol. The minimum absolute atomic E-state index is 0.767. The van der Waals surface area contributed by atoms with Crippen LogP contribution in [0.1, 0.15) is 11.1 Å². The third-order valence-electron chi connectivity index (χ3n) is 2.81. The highest BCUT2D eigenvalue weighted by molar-refractivity contribution is 6.33. The summed E-state index contributed by atoms with van der Waals surface area (Å²) in [7, 11) is 0. The fourth-order valence-electron chi connectivity index (χ4n) is 1.66. The van der Waals surface area contributed by atoms with Crippen LogP contribution in [0.15, 0.2) is 36.4 Å². The predicted octanol–water partition coefficient (Wildman–Crippen LogP) is 4.21. The minimum Gasteiger partial charge on any atom is -0.399 e. The first kappa shape index (κ1) is 11.0. The number of hydrogen-bond donors (Lipinski definition) is 1. The third kappa shape index (κ3) is 2.05. The van der Waals surface area contributed by atoms with E-state index >= 15 is 0 Å². The zero-order valence-electron chi connectivity index (χ0n) is 9.42. The highest BCUT2D eigenvalue weighted by Gasteiger charge is 2.05. The van der Waals surface area contributed by atoms with Crippen molar-refractivity contribution in [1.82, 2.24) is 0 Å². The average molecular weight is 232 g/mol. The van der Waals surface area contributed by atoms with Gasteiger partial charge in [0.15, 0.2) is 0 Å². The lowest BCUT2D eigenvalue weighted by Crippen LogP contribution is -1.87. The van der Waals surface area contributed by atoms with Crippen LogP contribution in [0.3, 0.4) is 0 Å². The van der Waals surface area contributed by atoms with Crippen LogP contribution in [0.4, 0.5) is 5.69 Å². The fraction of sp³-hybridized carbons (Fsp3) is 0.143. The highest BCUT2D eigenvalue weighted by atomic mass is 35.5. The molecule has 0 saturated heterocycles. The van der Waals surface area contributed by atoms with Crippen LogP contribution in [0.25, 0.3) is 11.1 Å². The molecule has 0 saturated carbocycles. The van der Waals surface area contributed by atoms with E-state index in [9.17, 15) is 0 Å². The number of anilines is 1. The van der Waals surface area contributed by atoms with Gasteiger partial charge in [-0.1, -0.05) is 23.7 Å². The molecule has 0 aliphatic heterocycles. The Morgan fingerprint density at radius 2 is 1.50 bits per heavy atom. The van der Waals surface area contributed by atoms with E-state index in [0.717, 1.165) is 21.8 Å². The van der Waals surface area contributed by atoms with Gasteiger partial charge in [0, 0.05) is 16.3 Å². The van der Waals surface area contributed by atoms with Crippen LogP contribution in [0.2, 0.25) is 5.02 Å². The highest BCUT2D eigenvalue weighted by Crippen LogP contribution is 2.30. The Balaban J connectivity index is 2.56. The number of rotatable bonds is 1. The Morgan fingerprint density at radius 3 is 2.12 bits per heavy atom. The van der Waals surface area contributed by atoms with Gasteiger partial charge >= 0.3 is 0 Å². The topological polar surface area (TPSA) is 26.0 Å². The summed E-state index contributed by atoms with van der Waals surface area (Å²) in [6, 6.07) is 11.9. The maximum Gasteiger partial charge on any atom is 0.0487 e. The first-order valence-corrected chi connectivity index (χ1v) is 5.58. The molecule has 0 aliphatic carbocycles. The van der Waals surface area contributed by atoms with Crippen molar-refractivity contribution < 1.29 is 0 Å². The van der Waals surface area contributed by atoms with E-state index in [2.05, 4.69) is 19.9 Å². The second-order valence-corrected chi connectivity index (χ2v) is 4.45. The van der Waals surface area contributed by atoms with Gasteiger partial charge in [0.25, 0.3) is 0 Å². The number of benzene rings is 2. The molecular weight excluding hydrogens is 218 g/mol. The van der Waals surface area contributed by atoms with Gasteiger partial charge in [-0.05, 0) is 54.8 Å². The van der Waals surface area contributed by atoms with Crippen molar-refractivity contribution in [3.05, 3.63) is 52.5 Å². The summed E-state index contributed by atoms with van der Waals surface area (Å²) in [4.78, 5) is 0. The Hall–Kier alpha value is -1.47. The van der Waals surface area contributed by atoms with Gasteiger partial charge in [0.05, 0.1) is 0 Å². The largest absolute Gasteiger partial charge is 0.399 e. The summed E-state index contributed by atoms with van der Waals surface area (Å²) < 4.78 is 0. The van der Waals surface area contributed by atoms with Crippen molar-refractivity contribution in [3.63, 3.8) is 0 Å². The average Bonchev–Trinajstić information content (AvgIpc) is 2.25. The van der Waals surface area contributed by atoms with Crippen molar-refractivity contribution >= 4 is 17.3 Å².